The van der Waals surface area contributed by atoms with Gasteiger partial charge in [0.25, 0.3) is 15.9 Å². The van der Waals surface area contributed by atoms with Crippen molar-refractivity contribution < 1.29 is 13.2 Å². The molecule has 24 heavy (non-hydrogen) atoms. The molecule has 0 spiro atoms. The minimum Gasteiger partial charge on any atom is -0.349 e. The molecule has 0 atom stereocenters. The van der Waals surface area contributed by atoms with Crippen molar-refractivity contribution in [3.8, 4) is 0 Å². The molecule has 6 heteroatoms. The molecule has 0 unspecified atom stereocenters. The number of carbonyl (C=O) groups is 1. The number of nitrogens with one attached hydrogen (secondary N) is 1. The lowest BCUT2D eigenvalue weighted by atomic mass is 10.1. The highest BCUT2D eigenvalue weighted by Gasteiger charge is 2.22. The lowest BCUT2D eigenvalue weighted by Gasteiger charge is -2.22. The molecule has 0 aromatic heterocycles. The fraction of sp³-hybridized carbons (Fsp3) is 0.167. The highest BCUT2D eigenvalue weighted by atomic mass is 32.2. The van der Waals surface area contributed by atoms with Gasteiger partial charge in [-0.15, -0.1) is 6.58 Å². The molecule has 2 rings (SSSR count). The van der Waals surface area contributed by atoms with Crippen LogP contribution in [0.1, 0.15) is 15.9 Å². The Balaban J connectivity index is 2.32. The summed E-state index contributed by atoms with van der Waals surface area (Å²) in [5.74, 6) is -0.224. The summed E-state index contributed by atoms with van der Waals surface area (Å²) in [6.07, 6.45) is 1.60. The maximum Gasteiger partial charge on any atom is 0.264 e. The zero-order chi connectivity index (χ0) is 17.7. The van der Waals surface area contributed by atoms with Gasteiger partial charge in [-0.2, -0.15) is 0 Å². The quantitative estimate of drug-likeness (QED) is 0.820. The van der Waals surface area contributed by atoms with Crippen molar-refractivity contribution in [3.05, 3.63) is 72.3 Å². The lowest BCUT2D eigenvalue weighted by molar-refractivity contribution is 0.0958. The SMILES string of the molecule is C=CCNC(=O)c1ccc(N(C)S(=O)(=O)c2ccccc2)c(C)c1. The molecule has 1 amide bonds. The molecule has 0 saturated carbocycles. The molecular formula is C18H20N2O3S. The van der Waals surface area contributed by atoms with Crippen LogP contribution in [-0.2, 0) is 10.0 Å². The van der Waals surface area contributed by atoms with Crippen molar-refractivity contribution in [3.63, 3.8) is 0 Å². The van der Waals surface area contributed by atoms with E-state index in [1.54, 1.807) is 61.5 Å². The van der Waals surface area contributed by atoms with Gasteiger partial charge in [0.05, 0.1) is 10.6 Å². The third-order valence-corrected chi connectivity index (χ3v) is 5.39. The van der Waals surface area contributed by atoms with Gasteiger partial charge in [-0.3, -0.25) is 9.10 Å². The summed E-state index contributed by atoms with van der Waals surface area (Å²) in [4.78, 5) is 12.2. The number of benzene rings is 2. The zero-order valence-corrected chi connectivity index (χ0v) is 14.5. The zero-order valence-electron chi connectivity index (χ0n) is 13.7. The normalized spacial score (nSPS) is 10.9. The van der Waals surface area contributed by atoms with E-state index in [0.717, 1.165) is 0 Å². The van der Waals surface area contributed by atoms with Gasteiger partial charge in [-0.25, -0.2) is 8.42 Å². The molecule has 0 saturated heterocycles. The first-order valence-corrected chi connectivity index (χ1v) is 8.85. The largest absolute Gasteiger partial charge is 0.349 e. The van der Waals surface area contributed by atoms with Crippen LogP contribution in [-0.4, -0.2) is 27.9 Å². The van der Waals surface area contributed by atoms with Gasteiger partial charge in [0.15, 0.2) is 0 Å². The van der Waals surface area contributed by atoms with Crippen LogP contribution < -0.4 is 9.62 Å². The van der Waals surface area contributed by atoms with Crippen LogP contribution in [0.15, 0.2) is 66.1 Å². The van der Waals surface area contributed by atoms with Gasteiger partial charge >= 0.3 is 0 Å². The molecule has 0 heterocycles. The standard InChI is InChI=1S/C18H20N2O3S/c1-4-12-19-18(21)15-10-11-17(14(2)13-15)20(3)24(22,23)16-8-6-5-7-9-16/h4-11,13H,1,12H2,2-3H3,(H,19,21). The molecule has 2 aromatic rings. The number of hydrogen-bond acceptors (Lipinski definition) is 3. The van der Waals surface area contributed by atoms with Gasteiger partial charge in [0.2, 0.25) is 0 Å². The average Bonchev–Trinajstić information content (AvgIpc) is 2.59. The van der Waals surface area contributed by atoms with Gasteiger partial charge < -0.3 is 5.32 Å². The van der Waals surface area contributed by atoms with Crippen molar-refractivity contribution >= 4 is 21.6 Å². The summed E-state index contributed by atoms with van der Waals surface area (Å²) in [5.41, 5.74) is 1.70. The molecule has 0 aliphatic rings. The Morgan fingerprint density at radius 1 is 1.21 bits per heavy atom. The third kappa shape index (κ3) is 3.65. The highest BCUT2D eigenvalue weighted by molar-refractivity contribution is 7.92. The summed E-state index contributed by atoms with van der Waals surface area (Å²) >= 11 is 0. The first kappa shape index (κ1) is 17.7. The number of aryl methyl sites for hydroxylation is 1. The van der Waals surface area contributed by atoms with E-state index in [9.17, 15) is 13.2 Å². The van der Waals surface area contributed by atoms with E-state index in [-0.39, 0.29) is 10.8 Å². The van der Waals surface area contributed by atoms with Crippen molar-refractivity contribution in [1.29, 1.82) is 0 Å². The van der Waals surface area contributed by atoms with Crippen molar-refractivity contribution in [2.75, 3.05) is 17.9 Å². The molecule has 0 aliphatic heterocycles. The average molecular weight is 344 g/mol. The van der Waals surface area contributed by atoms with Crippen molar-refractivity contribution in [2.24, 2.45) is 0 Å². The van der Waals surface area contributed by atoms with Crippen LogP contribution in [0.2, 0.25) is 0 Å². The molecule has 126 valence electrons. The number of anilines is 1. The Kier molecular flexibility index (Phi) is 5.41. The minimum absolute atomic E-state index is 0.222. The number of amides is 1. The van der Waals surface area contributed by atoms with E-state index in [0.29, 0.717) is 23.4 Å². The first-order chi connectivity index (χ1) is 11.4. The van der Waals surface area contributed by atoms with E-state index in [1.807, 2.05) is 0 Å². The summed E-state index contributed by atoms with van der Waals surface area (Å²) in [5, 5.41) is 2.69. The predicted molar refractivity (Wildman–Crippen MR) is 95.7 cm³/mol. The Morgan fingerprint density at radius 2 is 1.88 bits per heavy atom. The smallest absolute Gasteiger partial charge is 0.264 e. The second-order valence-electron chi connectivity index (χ2n) is 5.29. The molecule has 0 fully saturated rings. The van der Waals surface area contributed by atoms with Gasteiger partial charge in [-0.05, 0) is 42.8 Å². The maximum absolute atomic E-state index is 12.7. The fourth-order valence-corrected chi connectivity index (χ4v) is 3.58. The lowest BCUT2D eigenvalue weighted by Crippen LogP contribution is -2.28. The predicted octanol–water partition coefficient (Wildman–Crippen LogP) is 2.74. The molecule has 2 aromatic carbocycles. The number of rotatable bonds is 6. The molecule has 0 radical (unpaired) electrons. The Morgan fingerprint density at radius 3 is 2.46 bits per heavy atom. The number of nitrogens with zero attached hydrogens (tertiary/aromatic N) is 1. The second kappa shape index (κ2) is 7.31. The van der Waals surface area contributed by atoms with Gasteiger partial charge in [0, 0.05) is 19.2 Å². The van der Waals surface area contributed by atoms with Crippen LogP contribution in [0.3, 0.4) is 0 Å². The molecular weight excluding hydrogens is 324 g/mol. The van der Waals surface area contributed by atoms with E-state index in [2.05, 4.69) is 11.9 Å². The van der Waals surface area contributed by atoms with E-state index < -0.39 is 10.0 Å². The Hall–Kier alpha value is -2.60. The van der Waals surface area contributed by atoms with Crippen LogP contribution in [0.5, 0.6) is 0 Å². The topological polar surface area (TPSA) is 66.5 Å². The number of sulfonamides is 1. The van der Waals surface area contributed by atoms with Crippen LogP contribution in [0, 0.1) is 6.92 Å². The van der Waals surface area contributed by atoms with E-state index in [4.69, 9.17) is 0 Å². The summed E-state index contributed by atoms with van der Waals surface area (Å²) < 4.78 is 26.6. The van der Waals surface area contributed by atoms with Gasteiger partial charge in [0.1, 0.15) is 0 Å². The molecule has 1 N–H and O–H groups in total. The number of hydrogen-bond donors (Lipinski definition) is 1. The molecule has 0 aliphatic carbocycles. The Labute approximate surface area is 142 Å². The Bertz CT molecular complexity index is 846. The maximum atomic E-state index is 12.7. The minimum atomic E-state index is -3.64. The second-order valence-corrected chi connectivity index (χ2v) is 7.25. The van der Waals surface area contributed by atoms with Gasteiger partial charge in [-0.1, -0.05) is 24.3 Å². The van der Waals surface area contributed by atoms with Crippen molar-refractivity contribution in [1.82, 2.24) is 5.32 Å². The van der Waals surface area contributed by atoms with Crippen LogP contribution in [0.25, 0.3) is 0 Å². The third-order valence-electron chi connectivity index (χ3n) is 3.61. The first-order valence-electron chi connectivity index (χ1n) is 7.41. The van der Waals surface area contributed by atoms with E-state index >= 15 is 0 Å². The van der Waals surface area contributed by atoms with Crippen molar-refractivity contribution in [2.45, 2.75) is 11.8 Å². The number of carbonyl (C=O) groups excluding carboxylic acids is 1. The fourth-order valence-electron chi connectivity index (χ4n) is 2.30. The molecule has 5 nitrogen and oxygen atoms in total. The molecule has 0 bridgehead atoms. The highest BCUT2D eigenvalue weighted by Crippen LogP contribution is 2.26. The summed E-state index contributed by atoms with van der Waals surface area (Å²) in [6.45, 7) is 5.70. The van der Waals surface area contributed by atoms with E-state index in [1.165, 1.54) is 11.4 Å². The van der Waals surface area contributed by atoms with Crippen LogP contribution in [0.4, 0.5) is 5.69 Å². The van der Waals surface area contributed by atoms with Crippen LogP contribution >= 0.6 is 0 Å². The summed E-state index contributed by atoms with van der Waals surface area (Å²) in [7, 11) is -2.14. The summed E-state index contributed by atoms with van der Waals surface area (Å²) in [6, 6.07) is 13.2. The monoisotopic (exact) mass is 344 g/mol.